The van der Waals surface area contributed by atoms with E-state index in [2.05, 4.69) is 328 Å². The van der Waals surface area contributed by atoms with Crippen LogP contribution in [0, 0.1) is 0 Å². The molecule has 17 aromatic rings. The van der Waals surface area contributed by atoms with Crippen LogP contribution in [0.5, 0.6) is 0 Å². The molecular formula is C80H54N6. The standard InChI is InChI=1S/C80H54N6/c1-80(2)67-34-16-21-39-73(67)82(51-24-6-3-7-25-51)76-47-64-63-49-78-77(83(52-26-8-4-9-27-52)74-40-22-23-41-75(74)84(78)53-28-10-5-11-29-53)48-62(63)56-43-42-54(85-69-35-17-12-30-57(69)58-31-13-18-36-70(58)85)44-61(56)65-45-55(50-81-79(65)66(64)46-68(76)80)86-71-37-19-14-32-59(71)60-33-15-20-38-72(60)86/h3-50H,1-2H3. The maximum Gasteiger partial charge on any atom is 0.0788 e. The van der Waals surface area contributed by atoms with Gasteiger partial charge in [0.2, 0.25) is 0 Å². The lowest BCUT2D eigenvalue weighted by atomic mass is 9.72. The van der Waals surface area contributed by atoms with E-state index in [4.69, 9.17) is 4.98 Å². The molecule has 0 unspecified atom stereocenters. The monoisotopic (exact) mass is 1100 g/mol. The van der Waals surface area contributed by atoms with E-state index in [1.165, 1.54) is 38.4 Å². The molecule has 6 nitrogen and oxygen atoms in total. The number of nitrogens with zero attached hydrogens (tertiary/aromatic N) is 6. The molecule has 1 aliphatic heterocycles. The summed E-state index contributed by atoms with van der Waals surface area (Å²) in [6, 6.07) is 105. The molecule has 0 radical (unpaired) electrons. The van der Waals surface area contributed by atoms with E-state index in [9.17, 15) is 0 Å². The summed E-state index contributed by atoms with van der Waals surface area (Å²) in [7, 11) is 0. The van der Waals surface area contributed by atoms with Crippen molar-refractivity contribution in [1.29, 1.82) is 0 Å². The predicted octanol–water partition coefficient (Wildman–Crippen LogP) is 21.0. The Bertz CT molecular complexity index is 5640. The number of anilines is 3. The first-order valence-electron chi connectivity index (χ1n) is 29.7. The molecule has 404 valence electrons. The van der Waals surface area contributed by atoms with Gasteiger partial charge in [-0.2, -0.15) is 0 Å². The Balaban J connectivity index is 1.10. The number of para-hydroxylation sites is 10. The Morgan fingerprint density at radius 2 is 0.640 bits per heavy atom. The summed E-state index contributed by atoms with van der Waals surface area (Å²) in [5.74, 6) is 0. The smallest absolute Gasteiger partial charge is 0.0788 e. The maximum atomic E-state index is 5.89. The van der Waals surface area contributed by atoms with Crippen LogP contribution in [0.15, 0.2) is 291 Å². The summed E-state index contributed by atoms with van der Waals surface area (Å²) in [6.45, 7) is 4.79. The van der Waals surface area contributed by atoms with Crippen molar-refractivity contribution in [2.75, 3.05) is 4.90 Å². The molecule has 18 rings (SSSR count). The average molecular weight is 1100 g/mol. The van der Waals surface area contributed by atoms with Crippen molar-refractivity contribution in [3.8, 4) is 22.7 Å². The second-order valence-electron chi connectivity index (χ2n) is 23.5. The van der Waals surface area contributed by atoms with Crippen LogP contribution in [0.4, 0.5) is 17.1 Å². The van der Waals surface area contributed by atoms with Crippen molar-refractivity contribution >= 4 is 126 Å². The number of aromatic nitrogens is 5. The molecule has 0 amide bonds. The number of hydrogen-bond donors (Lipinski definition) is 0. The number of benzene rings is 12. The summed E-state index contributed by atoms with van der Waals surface area (Å²) in [6.07, 6.45) is 2.12. The Morgan fingerprint density at radius 1 is 0.244 bits per heavy atom. The first kappa shape index (κ1) is 48.3. The van der Waals surface area contributed by atoms with Crippen molar-refractivity contribution in [3.63, 3.8) is 0 Å². The van der Waals surface area contributed by atoms with Gasteiger partial charge < -0.3 is 23.2 Å². The minimum atomic E-state index is -0.401. The first-order valence-corrected chi connectivity index (χ1v) is 29.7. The third-order valence-corrected chi connectivity index (χ3v) is 18.6. The van der Waals surface area contributed by atoms with Gasteiger partial charge in [-0.3, -0.25) is 4.98 Å². The van der Waals surface area contributed by atoms with Gasteiger partial charge >= 0.3 is 0 Å². The molecule has 1 aliphatic rings. The highest BCUT2D eigenvalue weighted by molar-refractivity contribution is 6.28. The molecular weight excluding hydrogens is 1040 g/mol. The van der Waals surface area contributed by atoms with Crippen molar-refractivity contribution < 1.29 is 0 Å². The van der Waals surface area contributed by atoms with E-state index in [0.717, 1.165) is 121 Å². The zero-order chi connectivity index (χ0) is 56.8. The highest BCUT2D eigenvalue weighted by Gasteiger charge is 2.37. The van der Waals surface area contributed by atoms with Crippen LogP contribution < -0.4 is 4.90 Å². The highest BCUT2D eigenvalue weighted by Crippen LogP contribution is 2.54. The quantitative estimate of drug-likeness (QED) is 0.161. The molecule has 0 spiro atoms. The lowest BCUT2D eigenvalue weighted by molar-refractivity contribution is 0.633. The summed E-state index contributed by atoms with van der Waals surface area (Å²) >= 11 is 0. The largest absolute Gasteiger partial charge is 0.310 e. The van der Waals surface area contributed by atoms with Crippen molar-refractivity contribution in [2.45, 2.75) is 19.3 Å². The molecule has 0 fully saturated rings. The molecule has 0 aliphatic carbocycles. The normalized spacial score (nSPS) is 13.1. The van der Waals surface area contributed by atoms with Crippen LogP contribution in [0.2, 0.25) is 0 Å². The van der Waals surface area contributed by atoms with E-state index in [0.29, 0.717) is 0 Å². The molecule has 13 aromatic carbocycles. The number of rotatable bonds is 5. The van der Waals surface area contributed by atoms with Crippen molar-refractivity contribution in [3.05, 3.63) is 302 Å². The second kappa shape index (κ2) is 18.4. The summed E-state index contributed by atoms with van der Waals surface area (Å²) in [4.78, 5) is 8.37. The molecule has 0 saturated carbocycles. The SMILES string of the molecule is CC1(C)c2ccccc2N(c2ccccc2)c2cc3c4cc5c(cc4c4ccc(-n6c7ccccc7c7ccccc76)cc4c4cc(-n6c7ccccc7c7ccccc76)cnc4c3cc21)n(-c1ccccc1)c1ccccc1n5-c1ccccc1. The third kappa shape index (κ3) is 6.92. The van der Waals surface area contributed by atoms with Crippen LogP contribution in [-0.4, -0.2) is 23.3 Å². The average Bonchev–Trinajstić information content (AvgIpc) is 1.31. The Hall–Kier alpha value is -11.2. The Kier molecular flexibility index (Phi) is 10.3. The Morgan fingerprint density at radius 3 is 1.19 bits per heavy atom. The van der Waals surface area contributed by atoms with Gasteiger partial charge in [0.1, 0.15) is 0 Å². The van der Waals surface area contributed by atoms with E-state index >= 15 is 0 Å². The topological polar surface area (TPSA) is 35.9 Å². The third-order valence-electron chi connectivity index (χ3n) is 18.6. The minimum Gasteiger partial charge on any atom is -0.310 e. The Labute approximate surface area is 495 Å². The molecule has 86 heavy (non-hydrogen) atoms. The van der Waals surface area contributed by atoms with Crippen LogP contribution in [0.25, 0.3) is 132 Å². The first-order chi connectivity index (χ1) is 42.5. The van der Waals surface area contributed by atoms with Crippen molar-refractivity contribution in [2.24, 2.45) is 0 Å². The van der Waals surface area contributed by atoms with Gasteiger partial charge in [0.05, 0.1) is 72.9 Å². The van der Waals surface area contributed by atoms with E-state index in [1.807, 2.05) is 0 Å². The molecule has 4 aromatic heterocycles. The van der Waals surface area contributed by atoms with Gasteiger partial charge in [-0.1, -0.05) is 178 Å². The molecule has 0 bridgehead atoms. The zero-order valence-corrected chi connectivity index (χ0v) is 47.4. The second-order valence-corrected chi connectivity index (χ2v) is 23.5. The van der Waals surface area contributed by atoms with E-state index < -0.39 is 5.41 Å². The number of hydrogen-bond acceptors (Lipinski definition) is 2. The van der Waals surface area contributed by atoms with Gasteiger partial charge in [0, 0.05) is 60.5 Å². The molecule has 0 saturated heterocycles. The summed E-state index contributed by atoms with van der Waals surface area (Å²) in [5.41, 5.74) is 19.6. The number of pyridine rings is 1. The van der Waals surface area contributed by atoms with Crippen LogP contribution in [-0.2, 0) is 5.41 Å². The molecule has 5 heterocycles. The molecule has 6 heteroatoms. The fraction of sp³-hybridized carbons (Fsp3) is 0.0375. The highest BCUT2D eigenvalue weighted by atomic mass is 15.2. The lowest BCUT2D eigenvalue weighted by Gasteiger charge is -2.42. The van der Waals surface area contributed by atoms with Gasteiger partial charge in [0.25, 0.3) is 0 Å². The van der Waals surface area contributed by atoms with Gasteiger partial charge in [-0.25, -0.2) is 0 Å². The van der Waals surface area contributed by atoms with E-state index in [1.54, 1.807) is 0 Å². The van der Waals surface area contributed by atoms with Gasteiger partial charge in [-0.15, -0.1) is 0 Å². The van der Waals surface area contributed by atoms with Crippen LogP contribution in [0.1, 0.15) is 25.0 Å². The van der Waals surface area contributed by atoms with E-state index in [-0.39, 0.29) is 0 Å². The predicted molar refractivity (Wildman–Crippen MR) is 361 cm³/mol. The van der Waals surface area contributed by atoms with Crippen molar-refractivity contribution in [1.82, 2.24) is 23.3 Å². The zero-order valence-electron chi connectivity index (χ0n) is 47.4. The number of fused-ring (bicyclic) bond motifs is 18. The fourth-order valence-corrected chi connectivity index (χ4v) is 14.7. The fourth-order valence-electron chi connectivity index (χ4n) is 14.7. The molecule has 0 atom stereocenters. The maximum absolute atomic E-state index is 5.89. The van der Waals surface area contributed by atoms with Crippen LogP contribution >= 0.6 is 0 Å². The van der Waals surface area contributed by atoms with Crippen LogP contribution in [0.3, 0.4) is 0 Å². The lowest BCUT2D eigenvalue weighted by Crippen LogP contribution is -2.30. The van der Waals surface area contributed by atoms with Gasteiger partial charge in [-0.05, 0) is 159 Å². The summed E-state index contributed by atoms with van der Waals surface area (Å²) < 4.78 is 9.80. The minimum absolute atomic E-state index is 0.401. The van der Waals surface area contributed by atoms with Gasteiger partial charge in [0.15, 0.2) is 0 Å². The molecule has 0 N–H and O–H groups in total. The summed E-state index contributed by atoms with van der Waals surface area (Å²) in [5, 5.41) is 12.5.